The van der Waals surface area contributed by atoms with Gasteiger partial charge < -0.3 is 33.8 Å². The van der Waals surface area contributed by atoms with Gasteiger partial charge in [0.25, 0.3) is 11.8 Å². The number of rotatable bonds is 7. The highest BCUT2D eigenvalue weighted by Gasteiger charge is 2.54. The van der Waals surface area contributed by atoms with Crippen LogP contribution in [0.1, 0.15) is 79.4 Å². The van der Waals surface area contributed by atoms with Crippen molar-refractivity contribution < 1.29 is 42.2 Å². The number of oxime groups is 1. The van der Waals surface area contributed by atoms with Crippen molar-refractivity contribution in [1.82, 2.24) is 14.8 Å². The maximum absolute atomic E-state index is 14.2. The van der Waals surface area contributed by atoms with Gasteiger partial charge in [-0.1, -0.05) is 11.2 Å². The van der Waals surface area contributed by atoms with Crippen molar-refractivity contribution in [2.75, 3.05) is 13.2 Å². The second kappa shape index (κ2) is 11.7. The fraction of sp³-hybridized carbons (Fsp3) is 0.483. The van der Waals surface area contributed by atoms with Gasteiger partial charge >= 0.3 is 6.16 Å². The fourth-order valence-electron chi connectivity index (χ4n) is 5.79. The van der Waals surface area contributed by atoms with Crippen LogP contribution in [-0.4, -0.2) is 64.2 Å². The maximum Gasteiger partial charge on any atom is 0.511 e. The standard InChI is InChI=1S/C29H32F2N4O8/c1-5-40-28(39)42-17(4)41-25-23-27(38)34-14-22(29(9-8-16(34)3)11-15(2)33-43-29)35(23)13-20(24(25)36)26(37)32-12-18-6-7-19(30)10-21(18)31/h6-7,10,13,16-17,22H,5,8-9,11-12,14H2,1-4H3,(H,32,37)/t16-,17?,22+,29-/m0/s1. The first-order chi connectivity index (χ1) is 20.4. The first-order valence-electron chi connectivity index (χ1n) is 14.0. The molecule has 2 bridgehead atoms. The molecule has 0 saturated carbocycles. The van der Waals surface area contributed by atoms with E-state index in [4.69, 9.17) is 19.0 Å². The Hall–Kier alpha value is -4.49. The van der Waals surface area contributed by atoms with Gasteiger partial charge in [-0.2, -0.15) is 0 Å². The zero-order valence-corrected chi connectivity index (χ0v) is 24.1. The molecule has 2 aromatic rings. The minimum atomic E-state index is -1.38. The summed E-state index contributed by atoms with van der Waals surface area (Å²) in [6.45, 7) is 6.54. The first-order valence-corrected chi connectivity index (χ1v) is 14.0. The van der Waals surface area contributed by atoms with Crippen LogP contribution in [0.4, 0.5) is 13.6 Å². The molecular weight excluding hydrogens is 570 g/mol. The number of aromatic nitrogens is 1. The zero-order chi connectivity index (χ0) is 31.1. The molecule has 43 heavy (non-hydrogen) atoms. The quantitative estimate of drug-likeness (QED) is 0.375. The average Bonchev–Trinajstić information content (AvgIpc) is 3.28. The highest BCUT2D eigenvalue weighted by molar-refractivity contribution is 5.99. The van der Waals surface area contributed by atoms with Crippen molar-refractivity contribution in [2.45, 2.75) is 77.5 Å². The molecule has 1 spiro atoms. The van der Waals surface area contributed by atoms with E-state index >= 15 is 0 Å². The van der Waals surface area contributed by atoms with E-state index in [1.807, 2.05) is 13.8 Å². The van der Waals surface area contributed by atoms with Crippen LogP contribution < -0.4 is 15.5 Å². The number of carbonyl (C=O) groups is 3. The number of hydrogen-bond acceptors (Lipinski definition) is 9. The van der Waals surface area contributed by atoms with Crippen LogP contribution in [0.15, 0.2) is 34.3 Å². The molecule has 14 heteroatoms. The normalized spacial score (nSPS) is 23.1. The van der Waals surface area contributed by atoms with Crippen LogP contribution in [0, 0.1) is 11.6 Å². The van der Waals surface area contributed by atoms with Gasteiger partial charge in [0.2, 0.25) is 17.5 Å². The first kappa shape index (κ1) is 30.0. The number of halogens is 2. The number of pyridine rings is 1. The third-order valence-corrected chi connectivity index (χ3v) is 7.93. The maximum atomic E-state index is 14.2. The fourth-order valence-corrected chi connectivity index (χ4v) is 5.79. The molecule has 4 heterocycles. The minimum Gasteiger partial charge on any atom is -0.448 e. The summed E-state index contributed by atoms with van der Waals surface area (Å²) in [7, 11) is 0. The van der Waals surface area contributed by atoms with E-state index in [9.17, 15) is 28.0 Å². The molecule has 0 radical (unpaired) electrons. The Balaban J connectivity index is 1.60. The Labute approximate surface area is 245 Å². The summed E-state index contributed by atoms with van der Waals surface area (Å²) in [6.07, 6.45) is 0.434. The van der Waals surface area contributed by atoms with Crippen molar-refractivity contribution in [3.8, 4) is 5.75 Å². The second-order valence-corrected chi connectivity index (χ2v) is 10.9. The topological polar surface area (TPSA) is 138 Å². The predicted octanol–water partition coefficient (Wildman–Crippen LogP) is 3.67. The number of carbonyl (C=O) groups excluding carboxylic acids is 3. The number of ether oxygens (including phenoxy) is 3. The van der Waals surface area contributed by atoms with Crippen LogP contribution in [0.3, 0.4) is 0 Å². The summed E-state index contributed by atoms with van der Waals surface area (Å²) in [6, 6.07) is 2.12. The lowest BCUT2D eigenvalue weighted by molar-refractivity contribution is -0.0673. The van der Waals surface area contributed by atoms with Gasteiger partial charge in [-0.3, -0.25) is 14.4 Å². The third kappa shape index (κ3) is 5.65. The molecule has 3 aliphatic heterocycles. The molecule has 12 nitrogen and oxygen atoms in total. The molecule has 1 aromatic carbocycles. The Kier molecular flexibility index (Phi) is 8.12. The summed E-state index contributed by atoms with van der Waals surface area (Å²) in [5, 5.41) is 6.67. The molecule has 1 aromatic heterocycles. The van der Waals surface area contributed by atoms with Crippen LogP contribution in [-0.2, 0) is 20.9 Å². The summed E-state index contributed by atoms with van der Waals surface area (Å²) in [5.41, 5.74) is -1.61. The van der Waals surface area contributed by atoms with Gasteiger partial charge in [-0.05, 0) is 39.7 Å². The second-order valence-electron chi connectivity index (χ2n) is 10.9. The van der Waals surface area contributed by atoms with Crippen molar-refractivity contribution >= 4 is 23.7 Å². The van der Waals surface area contributed by atoms with Crippen molar-refractivity contribution in [1.29, 1.82) is 0 Å². The number of amides is 2. The summed E-state index contributed by atoms with van der Waals surface area (Å²) >= 11 is 0. The molecule has 1 saturated heterocycles. The van der Waals surface area contributed by atoms with Gasteiger partial charge in [0.15, 0.2) is 11.3 Å². The summed E-state index contributed by atoms with van der Waals surface area (Å²) in [5.74, 6) is -3.55. The van der Waals surface area contributed by atoms with Crippen molar-refractivity contribution in [3.63, 3.8) is 0 Å². The van der Waals surface area contributed by atoms with E-state index in [2.05, 4.69) is 10.5 Å². The van der Waals surface area contributed by atoms with Crippen molar-refractivity contribution in [3.05, 3.63) is 63.1 Å². The Morgan fingerprint density at radius 3 is 2.72 bits per heavy atom. The van der Waals surface area contributed by atoms with Crippen LogP contribution in [0.5, 0.6) is 5.75 Å². The van der Waals surface area contributed by atoms with E-state index < -0.39 is 64.3 Å². The van der Waals surface area contributed by atoms with Crippen molar-refractivity contribution in [2.24, 2.45) is 5.16 Å². The molecule has 1 unspecified atom stereocenters. The van der Waals surface area contributed by atoms with E-state index in [0.717, 1.165) is 11.8 Å². The largest absolute Gasteiger partial charge is 0.511 e. The molecule has 2 amide bonds. The number of nitrogens with one attached hydrogen (secondary N) is 1. The molecule has 1 N–H and O–H groups in total. The summed E-state index contributed by atoms with van der Waals surface area (Å²) in [4.78, 5) is 60.7. The minimum absolute atomic E-state index is 0.00440. The van der Waals surface area contributed by atoms with Crippen LogP contribution >= 0.6 is 0 Å². The number of hydrogen-bond donors (Lipinski definition) is 1. The molecule has 230 valence electrons. The van der Waals surface area contributed by atoms with Gasteiger partial charge in [0, 0.05) is 50.3 Å². The average molecular weight is 603 g/mol. The Morgan fingerprint density at radius 2 is 2.05 bits per heavy atom. The molecular formula is C29H32F2N4O8. The van der Waals surface area contributed by atoms with Gasteiger partial charge in [-0.25, -0.2) is 13.6 Å². The highest BCUT2D eigenvalue weighted by Crippen LogP contribution is 2.46. The molecule has 3 aliphatic rings. The monoisotopic (exact) mass is 602 g/mol. The Morgan fingerprint density at radius 1 is 1.28 bits per heavy atom. The van der Waals surface area contributed by atoms with Crippen LogP contribution in [0.2, 0.25) is 0 Å². The van der Waals surface area contributed by atoms with E-state index in [0.29, 0.717) is 25.3 Å². The van der Waals surface area contributed by atoms with E-state index in [1.54, 1.807) is 11.8 Å². The third-order valence-electron chi connectivity index (χ3n) is 7.93. The summed E-state index contributed by atoms with van der Waals surface area (Å²) < 4.78 is 44.7. The van der Waals surface area contributed by atoms with Crippen LogP contribution in [0.25, 0.3) is 0 Å². The SMILES string of the molecule is CCOC(=O)OC(C)Oc1c2n(cc(C(=O)NCc3ccc(F)cc3F)c1=O)[C@@H]1CN(C2=O)[C@@H](C)CC[C@]12CC(C)=NO2. The lowest BCUT2D eigenvalue weighted by Gasteiger charge is -2.42. The Bertz CT molecular complexity index is 1560. The molecule has 0 aliphatic carbocycles. The van der Waals surface area contributed by atoms with Gasteiger partial charge in [-0.15, -0.1) is 0 Å². The smallest absolute Gasteiger partial charge is 0.448 e. The molecule has 5 rings (SSSR count). The molecule has 1 fully saturated rings. The number of fused-ring (bicyclic) bond motifs is 5. The van der Waals surface area contributed by atoms with E-state index in [-0.39, 0.29) is 37.0 Å². The number of benzene rings is 1. The molecule has 4 atom stereocenters. The van der Waals surface area contributed by atoms with Gasteiger partial charge in [0.05, 0.1) is 18.4 Å². The van der Waals surface area contributed by atoms with Gasteiger partial charge in [0.1, 0.15) is 17.2 Å². The zero-order valence-electron chi connectivity index (χ0n) is 24.1. The number of nitrogens with zero attached hydrogens (tertiary/aromatic N) is 3. The van der Waals surface area contributed by atoms with E-state index in [1.165, 1.54) is 23.8 Å². The predicted molar refractivity (Wildman–Crippen MR) is 147 cm³/mol. The lowest BCUT2D eigenvalue weighted by atomic mass is 9.84. The lowest BCUT2D eigenvalue weighted by Crippen LogP contribution is -2.52. The highest BCUT2D eigenvalue weighted by atomic mass is 19.1.